The summed E-state index contributed by atoms with van der Waals surface area (Å²) in [6, 6.07) is 20.5. The second-order valence-corrected chi connectivity index (χ2v) is 10.1. The Balaban J connectivity index is 1.78. The van der Waals surface area contributed by atoms with Gasteiger partial charge in [0.05, 0.1) is 18.0 Å². The Morgan fingerprint density at radius 3 is 2.24 bits per heavy atom. The molecule has 3 aromatic carbocycles. The van der Waals surface area contributed by atoms with Crippen molar-refractivity contribution in [2.75, 3.05) is 11.8 Å². The van der Waals surface area contributed by atoms with Gasteiger partial charge in [0.2, 0.25) is 0 Å². The highest BCUT2D eigenvalue weighted by molar-refractivity contribution is 7.92. The third-order valence-corrected chi connectivity index (χ3v) is 6.64. The zero-order valence-electron chi connectivity index (χ0n) is 19.3. The van der Waals surface area contributed by atoms with Crippen molar-refractivity contribution in [1.29, 1.82) is 0 Å². The van der Waals surface area contributed by atoms with Gasteiger partial charge in [-0.05, 0) is 67.3 Å². The molecule has 0 aromatic heterocycles. The second kappa shape index (κ2) is 10.5. The van der Waals surface area contributed by atoms with Crippen LogP contribution in [0.5, 0.6) is 5.75 Å². The van der Waals surface area contributed by atoms with Crippen LogP contribution in [0.1, 0.15) is 47.8 Å². The number of amides is 1. The fourth-order valence-corrected chi connectivity index (χ4v) is 4.53. The van der Waals surface area contributed by atoms with Crippen LogP contribution in [-0.2, 0) is 10.0 Å². The Morgan fingerprint density at radius 2 is 1.64 bits per heavy atom. The lowest BCUT2D eigenvalue weighted by Crippen LogP contribution is -2.29. The van der Waals surface area contributed by atoms with Crippen LogP contribution in [0.15, 0.2) is 77.7 Å². The van der Waals surface area contributed by atoms with E-state index in [1.54, 1.807) is 55.6 Å². The molecule has 0 unspecified atom stereocenters. The fourth-order valence-electron chi connectivity index (χ4n) is 3.48. The molecule has 0 saturated carbocycles. The van der Waals surface area contributed by atoms with Crippen LogP contribution in [0.2, 0.25) is 0 Å². The van der Waals surface area contributed by atoms with Crippen LogP contribution >= 0.6 is 0 Å². The Morgan fingerprint density at radius 1 is 0.970 bits per heavy atom. The lowest BCUT2D eigenvalue weighted by molar-refractivity contribution is 0.0932. The first kappa shape index (κ1) is 24.3. The minimum atomic E-state index is -3.75. The van der Waals surface area contributed by atoms with Crippen molar-refractivity contribution >= 4 is 21.6 Å². The van der Waals surface area contributed by atoms with E-state index < -0.39 is 10.0 Å². The Labute approximate surface area is 196 Å². The predicted molar refractivity (Wildman–Crippen MR) is 131 cm³/mol. The van der Waals surface area contributed by atoms with Crippen LogP contribution < -0.4 is 14.8 Å². The molecule has 0 aliphatic carbocycles. The van der Waals surface area contributed by atoms with E-state index in [1.165, 1.54) is 0 Å². The molecule has 0 bridgehead atoms. The van der Waals surface area contributed by atoms with Gasteiger partial charge in [0, 0.05) is 11.3 Å². The molecule has 7 heteroatoms. The summed E-state index contributed by atoms with van der Waals surface area (Å²) in [6.45, 7) is 6.09. The van der Waals surface area contributed by atoms with Crippen LogP contribution in [0, 0.1) is 12.8 Å². The Bertz CT molecular complexity index is 1190. The third-order valence-electron chi connectivity index (χ3n) is 5.24. The molecule has 0 aliphatic heterocycles. The van der Waals surface area contributed by atoms with Crippen molar-refractivity contribution in [2.45, 2.75) is 38.1 Å². The summed E-state index contributed by atoms with van der Waals surface area (Å²) in [7, 11) is -2.14. The van der Waals surface area contributed by atoms with E-state index >= 15 is 0 Å². The van der Waals surface area contributed by atoms with Gasteiger partial charge in [0.1, 0.15) is 5.75 Å². The maximum atomic E-state index is 13.0. The minimum Gasteiger partial charge on any atom is -0.497 e. The summed E-state index contributed by atoms with van der Waals surface area (Å²) >= 11 is 0. The molecule has 6 nitrogen and oxygen atoms in total. The average Bonchev–Trinajstić information content (AvgIpc) is 2.78. The van der Waals surface area contributed by atoms with Gasteiger partial charge >= 0.3 is 0 Å². The summed E-state index contributed by atoms with van der Waals surface area (Å²) in [6.07, 6.45) is 0.762. The van der Waals surface area contributed by atoms with Crippen LogP contribution in [0.25, 0.3) is 0 Å². The normalized spacial score (nSPS) is 12.3. The molecular formula is C26H30N2O4S. The number of carbonyl (C=O) groups excluding carboxylic acids is 1. The highest BCUT2D eigenvalue weighted by Gasteiger charge is 2.19. The summed E-state index contributed by atoms with van der Waals surface area (Å²) in [5.74, 6) is 0.847. The quantitative estimate of drug-likeness (QED) is 0.447. The lowest BCUT2D eigenvalue weighted by Gasteiger charge is -2.22. The van der Waals surface area contributed by atoms with Crippen molar-refractivity contribution in [3.8, 4) is 5.75 Å². The number of sulfonamides is 1. The van der Waals surface area contributed by atoms with Gasteiger partial charge in [-0.3, -0.25) is 9.52 Å². The largest absolute Gasteiger partial charge is 0.497 e. The molecule has 0 saturated heterocycles. The number of anilines is 1. The molecule has 0 aliphatic rings. The standard InChI is InChI=1S/C26H30N2O4S/c1-18(2)16-25(20-10-12-23(32-4)13-11-20)27-26(29)21-6-5-7-22(17-21)28-33(30,31)24-14-8-19(3)9-15-24/h5-15,17-18,25,28H,16H2,1-4H3,(H,27,29)/t25-/m0/s1. The van der Waals surface area contributed by atoms with Crippen molar-refractivity contribution in [3.05, 3.63) is 89.5 Å². The van der Waals surface area contributed by atoms with E-state index in [-0.39, 0.29) is 16.8 Å². The molecule has 174 valence electrons. The molecule has 0 fully saturated rings. The number of methoxy groups -OCH3 is 1. The summed E-state index contributed by atoms with van der Waals surface area (Å²) in [5.41, 5.74) is 2.66. The summed E-state index contributed by atoms with van der Waals surface area (Å²) in [4.78, 5) is 13.2. The minimum absolute atomic E-state index is 0.166. The number of aryl methyl sites for hydroxylation is 1. The van der Waals surface area contributed by atoms with Gasteiger partial charge in [-0.25, -0.2) is 8.42 Å². The summed E-state index contributed by atoms with van der Waals surface area (Å²) in [5, 5.41) is 3.09. The zero-order chi connectivity index (χ0) is 24.0. The number of benzene rings is 3. The zero-order valence-corrected chi connectivity index (χ0v) is 20.1. The smallest absolute Gasteiger partial charge is 0.261 e. The van der Waals surface area contributed by atoms with Crippen molar-refractivity contribution in [3.63, 3.8) is 0 Å². The first-order valence-electron chi connectivity index (χ1n) is 10.8. The highest BCUT2D eigenvalue weighted by atomic mass is 32.2. The molecule has 0 heterocycles. The van der Waals surface area contributed by atoms with Gasteiger partial charge in [-0.1, -0.05) is 49.7 Å². The molecular weight excluding hydrogens is 436 g/mol. The third kappa shape index (κ3) is 6.58. The molecule has 1 atom stereocenters. The first-order valence-corrected chi connectivity index (χ1v) is 12.3. The highest BCUT2D eigenvalue weighted by Crippen LogP contribution is 2.25. The fraction of sp³-hybridized carbons (Fsp3) is 0.269. The predicted octanol–water partition coefficient (Wildman–Crippen LogP) is 5.32. The van der Waals surface area contributed by atoms with Gasteiger partial charge < -0.3 is 10.1 Å². The first-order chi connectivity index (χ1) is 15.7. The second-order valence-electron chi connectivity index (χ2n) is 8.43. The molecule has 1 amide bonds. The van der Waals surface area contributed by atoms with Gasteiger partial charge in [-0.15, -0.1) is 0 Å². The molecule has 3 rings (SSSR count). The van der Waals surface area contributed by atoms with Crippen LogP contribution in [0.4, 0.5) is 5.69 Å². The summed E-state index contributed by atoms with van der Waals surface area (Å²) < 4.78 is 33.2. The topological polar surface area (TPSA) is 84.5 Å². The number of hydrogen-bond acceptors (Lipinski definition) is 4. The SMILES string of the molecule is COc1ccc([C@H](CC(C)C)NC(=O)c2cccc(NS(=O)(=O)c3ccc(C)cc3)c2)cc1. The van der Waals surface area contributed by atoms with E-state index in [0.29, 0.717) is 17.2 Å². The van der Waals surface area contributed by atoms with Crippen molar-refractivity contribution in [1.82, 2.24) is 5.32 Å². The number of ether oxygens (including phenoxy) is 1. The number of rotatable bonds is 9. The molecule has 3 aromatic rings. The Kier molecular flexibility index (Phi) is 7.76. The van der Waals surface area contributed by atoms with E-state index in [9.17, 15) is 13.2 Å². The average molecular weight is 467 g/mol. The number of nitrogens with one attached hydrogen (secondary N) is 2. The van der Waals surface area contributed by atoms with Crippen LogP contribution in [-0.4, -0.2) is 21.4 Å². The molecule has 33 heavy (non-hydrogen) atoms. The van der Waals surface area contributed by atoms with Crippen molar-refractivity contribution < 1.29 is 17.9 Å². The van der Waals surface area contributed by atoms with E-state index in [0.717, 1.165) is 23.3 Å². The maximum Gasteiger partial charge on any atom is 0.261 e. The molecule has 0 spiro atoms. The van der Waals surface area contributed by atoms with Gasteiger partial charge in [0.25, 0.3) is 15.9 Å². The monoisotopic (exact) mass is 466 g/mol. The van der Waals surface area contributed by atoms with Gasteiger partial charge in [-0.2, -0.15) is 0 Å². The van der Waals surface area contributed by atoms with Crippen molar-refractivity contribution in [2.24, 2.45) is 5.92 Å². The van der Waals surface area contributed by atoms with E-state index in [2.05, 4.69) is 23.9 Å². The van der Waals surface area contributed by atoms with Gasteiger partial charge in [0.15, 0.2) is 0 Å². The maximum absolute atomic E-state index is 13.0. The Hall–Kier alpha value is -3.32. The van der Waals surface area contributed by atoms with E-state index in [4.69, 9.17) is 4.74 Å². The van der Waals surface area contributed by atoms with Crippen LogP contribution in [0.3, 0.4) is 0 Å². The number of carbonyl (C=O) groups is 1. The molecule has 2 N–H and O–H groups in total. The van der Waals surface area contributed by atoms with E-state index in [1.807, 2.05) is 31.2 Å². The lowest BCUT2D eigenvalue weighted by atomic mass is 9.96. The number of hydrogen-bond donors (Lipinski definition) is 2. The molecule has 0 radical (unpaired) electrons.